The van der Waals surface area contributed by atoms with Gasteiger partial charge in [-0.2, -0.15) is 0 Å². The molecule has 0 aliphatic carbocycles. The highest BCUT2D eigenvalue weighted by Gasteiger charge is 2.21. The number of carbonyl (C=O) groups excluding carboxylic acids is 1. The Bertz CT molecular complexity index is 1050. The number of aromatic nitrogens is 3. The lowest BCUT2D eigenvalue weighted by Gasteiger charge is -2.19. The summed E-state index contributed by atoms with van der Waals surface area (Å²) in [6.45, 7) is 6.89. The summed E-state index contributed by atoms with van der Waals surface area (Å²) in [5.41, 5.74) is 0.119. The first kappa shape index (κ1) is 17.6. The highest BCUT2D eigenvalue weighted by atomic mass is 19.1. The number of halogens is 1. The number of imidazole rings is 1. The summed E-state index contributed by atoms with van der Waals surface area (Å²) in [5, 5.41) is 12.1. The first-order chi connectivity index (χ1) is 12.1. The number of carbonyl (C=O) groups is 2. The van der Waals surface area contributed by atoms with Crippen molar-refractivity contribution in [3.05, 3.63) is 35.5 Å². The first-order valence-corrected chi connectivity index (χ1v) is 7.77. The van der Waals surface area contributed by atoms with Gasteiger partial charge < -0.3 is 9.84 Å². The summed E-state index contributed by atoms with van der Waals surface area (Å²) >= 11 is 0. The molecule has 0 aliphatic heterocycles. The van der Waals surface area contributed by atoms with Gasteiger partial charge in [0.1, 0.15) is 17.7 Å². The minimum Gasteiger partial charge on any atom is -0.478 e. The van der Waals surface area contributed by atoms with E-state index in [1.807, 2.05) is 0 Å². The molecule has 0 radical (unpaired) electrons. The minimum absolute atomic E-state index is 0.0878. The zero-order chi connectivity index (χ0) is 19.2. The minimum atomic E-state index is -1.38. The van der Waals surface area contributed by atoms with E-state index in [2.05, 4.69) is 15.3 Å². The topological polar surface area (TPSA) is 106 Å². The third-order valence-corrected chi connectivity index (χ3v) is 3.59. The van der Waals surface area contributed by atoms with E-state index < -0.39 is 29.0 Å². The van der Waals surface area contributed by atoms with Gasteiger partial charge in [0.05, 0.1) is 22.3 Å². The Balaban J connectivity index is 2.20. The van der Waals surface area contributed by atoms with Gasteiger partial charge in [0.15, 0.2) is 0 Å². The van der Waals surface area contributed by atoms with Gasteiger partial charge in [0.25, 0.3) is 0 Å². The number of rotatable bonds is 2. The van der Waals surface area contributed by atoms with E-state index in [0.29, 0.717) is 16.6 Å². The number of ether oxygens (including phenoxy) is 1. The molecule has 0 aliphatic rings. The highest BCUT2D eigenvalue weighted by Crippen LogP contribution is 2.27. The lowest BCUT2D eigenvalue weighted by Crippen LogP contribution is -2.28. The van der Waals surface area contributed by atoms with Crippen molar-refractivity contribution < 1.29 is 23.8 Å². The third kappa shape index (κ3) is 3.15. The van der Waals surface area contributed by atoms with Crippen LogP contribution in [0.2, 0.25) is 0 Å². The SMILES string of the molecule is Cc1ncn2c(NC(=O)OC(C)(C)C)nc3cc(F)c(C(=O)O)cc3c12. The molecule has 26 heavy (non-hydrogen) atoms. The van der Waals surface area contributed by atoms with Gasteiger partial charge in [-0.25, -0.2) is 23.9 Å². The van der Waals surface area contributed by atoms with Crippen molar-refractivity contribution >= 4 is 34.4 Å². The van der Waals surface area contributed by atoms with Crippen LogP contribution in [0.25, 0.3) is 16.4 Å². The molecule has 0 bridgehead atoms. The van der Waals surface area contributed by atoms with E-state index in [9.17, 15) is 14.0 Å². The summed E-state index contributed by atoms with van der Waals surface area (Å²) in [7, 11) is 0. The van der Waals surface area contributed by atoms with Crippen LogP contribution in [0, 0.1) is 12.7 Å². The second-order valence-corrected chi connectivity index (χ2v) is 6.77. The monoisotopic (exact) mass is 360 g/mol. The maximum Gasteiger partial charge on any atom is 0.414 e. The van der Waals surface area contributed by atoms with Crippen molar-refractivity contribution in [2.45, 2.75) is 33.3 Å². The van der Waals surface area contributed by atoms with Crippen LogP contribution >= 0.6 is 0 Å². The second kappa shape index (κ2) is 5.94. The summed E-state index contributed by atoms with van der Waals surface area (Å²) in [6, 6.07) is 2.23. The number of aromatic carboxylic acids is 1. The molecule has 9 heteroatoms. The molecule has 0 unspecified atom stereocenters. The maximum absolute atomic E-state index is 14.1. The van der Waals surface area contributed by atoms with Crippen molar-refractivity contribution in [3.63, 3.8) is 0 Å². The van der Waals surface area contributed by atoms with Gasteiger partial charge in [-0.3, -0.25) is 9.72 Å². The normalized spacial score (nSPS) is 11.7. The van der Waals surface area contributed by atoms with Crippen molar-refractivity contribution in [1.29, 1.82) is 0 Å². The van der Waals surface area contributed by atoms with E-state index in [0.717, 1.165) is 6.07 Å². The number of aryl methyl sites for hydroxylation is 1. The zero-order valence-electron chi connectivity index (χ0n) is 14.6. The summed E-state index contributed by atoms with van der Waals surface area (Å²) in [5.74, 6) is -2.21. The molecular formula is C17H17FN4O4. The lowest BCUT2D eigenvalue weighted by atomic mass is 10.1. The van der Waals surface area contributed by atoms with Crippen LogP contribution in [0.1, 0.15) is 36.8 Å². The Kier molecular flexibility index (Phi) is 4.02. The number of carboxylic acid groups (broad SMARTS) is 1. The summed E-state index contributed by atoms with van der Waals surface area (Å²) < 4.78 is 20.8. The average molecular weight is 360 g/mol. The van der Waals surface area contributed by atoms with E-state index in [1.165, 1.54) is 16.8 Å². The fourth-order valence-electron chi connectivity index (χ4n) is 2.58. The Hall–Kier alpha value is -3.23. The molecule has 3 aromatic rings. The number of carboxylic acids is 1. The molecular weight excluding hydrogens is 343 g/mol. The number of hydrogen-bond acceptors (Lipinski definition) is 5. The predicted molar refractivity (Wildman–Crippen MR) is 92.0 cm³/mol. The molecule has 2 heterocycles. The Morgan fingerprint density at radius 1 is 1.31 bits per heavy atom. The quantitative estimate of drug-likeness (QED) is 0.726. The second-order valence-electron chi connectivity index (χ2n) is 6.77. The molecule has 1 amide bonds. The highest BCUT2D eigenvalue weighted by molar-refractivity contribution is 6.01. The number of hydrogen-bond donors (Lipinski definition) is 2. The molecule has 3 rings (SSSR count). The van der Waals surface area contributed by atoms with Crippen LogP contribution in [-0.4, -0.2) is 37.1 Å². The van der Waals surface area contributed by atoms with Crippen LogP contribution in [-0.2, 0) is 4.74 Å². The van der Waals surface area contributed by atoms with E-state index >= 15 is 0 Å². The van der Waals surface area contributed by atoms with Crippen LogP contribution in [0.15, 0.2) is 18.5 Å². The third-order valence-electron chi connectivity index (χ3n) is 3.59. The van der Waals surface area contributed by atoms with E-state index in [-0.39, 0.29) is 11.5 Å². The molecule has 0 atom stereocenters. The average Bonchev–Trinajstić information content (AvgIpc) is 2.87. The predicted octanol–water partition coefficient (Wildman–Crippen LogP) is 3.38. The van der Waals surface area contributed by atoms with Gasteiger partial charge in [-0.15, -0.1) is 0 Å². The van der Waals surface area contributed by atoms with Crippen molar-refractivity contribution in [1.82, 2.24) is 14.4 Å². The van der Waals surface area contributed by atoms with Crippen LogP contribution in [0.3, 0.4) is 0 Å². The summed E-state index contributed by atoms with van der Waals surface area (Å²) in [6.07, 6.45) is 0.716. The van der Waals surface area contributed by atoms with E-state index in [1.54, 1.807) is 27.7 Å². The number of amides is 1. The molecule has 1 aromatic carbocycles. The molecule has 0 fully saturated rings. The van der Waals surface area contributed by atoms with E-state index in [4.69, 9.17) is 9.84 Å². The fraction of sp³-hybridized carbons (Fsp3) is 0.294. The van der Waals surface area contributed by atoms with Crippen molar-refractivity contribution in [2.24, 2.45) is 0 Å². The van der Waals surface area contributed by atoms with Gasteiger partial charge >= 0.3 is 12.1 Å². The number of benzene rings is 1. The van der Waals surface area contributed by atoms with Crippen LogP contribution < -0.4 is 5.32 Å². The van der Waals surface area contributed by atoms with Crippen molar-refractivity contribution in [3.8, 4) is 0 Å². The molecule has 136 valence electrons. The van der Waals surface area contributed by atoms with Gasteiger partial charge in [-0.05, 0) is 33.8 Å². The van der Waals surface area contributed by atoms with Crippen molar-refractivity contribution in [2.75, 3.05) is 5.32 Å². The fourth-order valence-corrected chi connectivity index (χ4v) is 2.58. The number of nitrogens with one attached hydrogen (secondary N) is 1. The Labute approximate surface area is 147 Å². The summed E-state index contributed by atoms with van der Waals surface area (Å²) in [4.78, 5) is 31.7. The van der Waals surface area contributed by atoms with Gasteiger partial charge in [0, 0.05) is 11.5 Å². The van der Waals surface area contributed by atoms with Gasteiger partial charge in [-0.1, -0.05) is 0 Å². The zero-order valence-corrected chi connectivity index (χ0v) is 14.6. The molecule has 2 aromatic heterocycles. The molecule has 8 nitrogen and oxygen atoms in total. The lowest BCUT2D eigenvalue weighted by molar-refractivity contribution is 0.0632. The number of fused-ring (bicyclic) bond motifs is 3. The first-order valence-electron chi connectivity index (χ1n) is 7.77. The Morgan fingerprint density at radius 3 is 2.62 bits per heavy atom. The maximum atomic E-state index is 14.1. The number of anilines is 1. The Morgan fingerprint density at radius 2 is 2.00 bits per heavy atom. The molecule has 0 saturated carbocycles. The molecule has 0 saturated heterocycles. The van der Waals surface area contributed by atoms with Crippen LogP contribution in [0.4, 0.5) is 15.1 Å². The standard InChI is InChI=1S/C17H17FN4O4/c1-8-13-10-5-9(14(23)24)11(18)6-12(10)20-15(22(13)7-19-8)21-16(25)26-17(2,3)4/h5-7H,1-4H3,(H,23,24)(H,20,21,25). The number of nitrogens with zero attached hydrogens (tertiary/aromatic N) is 3. The molecule has 0 spiro atoms. The van der Waals surface area contributed by atoms with Crippen LogP contribution in [0.5, 0.6) is 0 Å². The smallest absolute Gasteiger partial charge is 0.414 e. The largest absolute Gasteiger partial charge is 0.478 e. The molecule has 2 N–H and O–H groups in total. The van der Waals surface area contributed by atoms with Gasteiger partial charge in [0.2, 0.25) is 5.95 Å².